The van der Waals surface area contributed by atoms with E-state index in [1.165, 1.54) is 5.01 Å². The van der Waals surface area contributed by atoms with Gasteiger partial charge in [0.05, 0.1) is 25.9 Å². The summed E-state index contributed by atoms with van der Waals surface area (Å²) in [4.78, 5) is 22.0. The Morgan fingerprint density at radius 2 is 1.94 bits per heavy atom. The predicted molar refractivity (Wildman–Crippen MR) is 56.0 cm³/mol. The van der Waals surface area contributed by atoms with E-state index in [4.69, 9.17) is 14.6 Å². The SMILES string of the molecule is O=C(O)C=CC(=O)N(CC1CO1)NCC1CO1. The minimum Gasteiger partial charge on any atom is -0.478 e. The molecule has 2 N–H and O–H groups in total. The molecule has 2 saturated heterocycles. The number of nitrogens with zero attached hydrogens (tertiary/aromatic N) is 1. The third kappa shape index (κ3) is 4.51. The molecule has 2 aliphatic heterocycles. The van der Waals surface area contributed by atoms with Gasteiger partial charge in [-0.3, -0.25) is 9.80 Å². The average molecular weight is 242 g/mol. The molecule has 2 unspecified atom stereocenters. The first-order chi connectivity index (χ1) is 8.15. The summed E-state index contributed by atoms with van der Waals surface area (Å²) in [6, 6.07) is 0. The maximum Gasteiger partial charge on any atom is 0.328 e. The van der Waals surface area contributed by atoms with Crippen molar-refractivity contribution in [1.29, 1.82) is 0 Å². The number of ether oxygens (including phenoxy) is 2. The molecular weight excluding hydrogens is 228 g/mol. The number of carboxylic acids is 1. The molecule has 2 atom stereocenters. The lowest BCUT2D eigenvalue weighted by Gasteiger charge is -2.20. The van der Waals surface area contributed by atoms with Crippen LogP contribution >= 0.6 is 0 Å². The van der Waals surface area contributed by atoms with Crippen molar-refractivity contribution >= 4 is 11.9 Å². The quantitative estimate of drug-likeness (QED) is 0.329. The second-order valence-corrected chi connectivity index (χ2v) is 3.89. The van der Waals surface area contributed by atoms with Gasteiger partial charge in [0.2, 0.25) is 0 Å². The van der Waals surface area contributed by atoms with E-state index in [2.05, 4.69) is 5.43 Å². The van der Waals surface area contributed by atoms with E-state index in [0.717, 1.165) is 12.2 Å². The summed E-state index contributed by atoms with van der Waals surface area (Å²) in [5, 5.41) is 9.80. The Hall–Kier alpha value is -1.44. The molecule has 0 spiro atoms. The van der Waals surface area contributed by atoms with E-state index >= 15 is 0 Å². The van der Waals surface area contributed by atoms with Crippen LogP contribution in [0.15, 0.2) is 12.2 Å². The van der Waals surface area contributed by atoms with Crippen LogP contribution in [0.25, 0.3) is 0 Å². The second-order valence-electron chi connectivity index (χ2n) is 3.89. The van der Waals surface area contributed by atoms with E-state index in [0.29, 0.717) is 26.3 Å². The molecule has 7 heteroatoms. The van der Waals surface area contributed by atoms with Crippen molar-refractivity contribution in [2.45, 2.75) is 12.2 Å². The van der Waals surface area contributed by atoms with E-state index in [1.807, 2.05) is 0 Å². The molecule has 2 fully saturated rings. The molecule has 0 saturated carbocycles. The molecule has 2 heterocycles. The molecule has 94 valence electrons. The van der Waals surface area contributed by atoms with Crippen LogP contribution in [0.1, 0.15) is 0 Å². The molecular formula is C10H14N2O5. The third-order valence-corrected chi connectivity index (χ3v) is 2.34. The zero-order valence-electron chi connectivity index (χ0n) is 9.17. The van der Waals surface area contributed by atoms with E-state index in [1.54, 1.807) is 0 Å². The Kier molecular flexibility index (Phi) is 3.72. The Bertz CT molecular complexity index is 336. The van der Waals surface area contributed by atoms with Crippen LogP contribution in [-0.4, -0.2) is 60.5 Å². The number of rotatable bonds is 7. The fourth-order valence-corrected chi connectivity index (χ4v) is 1.24. The van der Waals surface area contributed by atoms with Crippen LogP contribution in [0.4, 0.5) is 0 Å². The minimum absolute atomic E-state index is 0.0461. The lowest BCUT2D eigenvalue weighted by atomic mass is 10.4. The molecule has 7 nitrogen and oxygen atoms in total. The van der Waals surface area contributed by atoms with E-state index < -0.39 is 11.9 Å². The number of epoxide rings is 2. The van der Waals surface area contributed by atoms with Crippen molar-refractivity contribution in [3.05, 3.63) is 12.2 Å². The molecule has 1 amide bonds. The largest absolute Gasteiger partial charge is 0.478 e. The van der Waals surface area contributed by atoms with Crippen molar-refractivity contribution in [1.82, 2.24) is 10.4 Å². The molecule has 0 aromatic rings. The monoisotopic (exact) mass is 242 g/mol. The number of hydrogen-bond acceptors (Lipinski definition) is 5. The normalized spacial score (nSPS) is 25.9. The van der Waals surface area contributed by atoms with Gasteiger partial charge in [0, 0.05) is 18.7 Å². The lowest BCUT2D eigenvalue weighted by molar-refractivity contribution is -0.133. The summed E-state index contributed by atoms with van der Waals surface area (Å²) in [5.74, 6) is -1.55. The van der Waals surface area contributed by atoms with Crippen LogP contribution < -0.4 is 5.43 Å². The van der Waals surface area contributed by atoms with Gasteiger partial charge >= 0.3 is 5.97 Å². The van der Waals surface area contributed by atoms with Crippen molar-refractivity contribution < 1.29 is 24.2 Å². The third-order valence-electron chi connectivity index (χ3n) is 2.34. The fourth-order valence-electron chi connectivity index (χ4n) is 1.24. The first kappa shape index (κ1) is 12.0. The number of hydrazine groups is 1. The molecule has 0 aromatic heterocycles. The maximum absolute atomic E-state index is 11.7. The molecule has 0 bridgehead atoms. The first-order valence-corrected chi connectivity index (χ1v) is 5.34. The van der Waals surface area contributed by atoms with Gasteiger partial charge in [-0.2, -0.15) is 0 Å². The lowest BCUT2D eigenvalue weighted by Crippen LogP contribution is -2.45. The number of aliphatic carboxylic acids is 1. The van der Waals surface area contributed by atoms with E-state index in [9.17, 15) is 9.59 Å². The topological polar surface area (TPSA) is 94.7 Å². The standard InChI is InChI=1S/C10H14N2O5/c13-9(1-2-10(14)15)12(4-8-6-17-8)11-3-7-5-16-7/h1-2,7-8,11H,3-6H2,(H,14,15). The highest BCUT2D eigenvalue weighted by Gasteiger charge is 2.29. The number of nitrogens with one attached hydrogen (secondary N) is 1. The van der Waals surface area contributed by atoms with E-state index in [-0.39, 0.29) is 12.2 Å². The summed E-state index contributed by atoms with van der Waals surface area (Å²) in [6.45, 7) is 2.28. The summed E-state index contributed by atoms with van der Waals surface area (Å²) >= 11 is 0. The Labute approximate surface area is 97.9 Å². The predicted octanol–water partition coefficient (Wildman–Crippen LogP) is -1.24. The van der Waals surface area contributed by atoms with Crippen LogP contribution in [0.5, 0.6) is 0 Å². The molecule has 2 aliphatic rings. The van der Waals surface area contributed by atoms with Crippen molar-refractivity contribution in [2.75, 3.05) is 26.3 Å². The molecule has 0 aromatic carbocycles. The minimum atomic E-state index is -1.15. The van der Waals surface area contributed by atoms with Crippen LogP contribution in [0.3, 0.4) is 0 Å². The van der Waals surface area contributed by atoms with Crippen LogP contribution in [0.2, 0.25) is 0 Å². The zero-order chi connectivity index (χ0) is 12.3. The Morgan fingerprint density at radius 3 is 2.47 bits per heavy atom. The molecule has 17 heavy (non-hydrogen) atoms. The van der Waals surface area contributed by atoms with Gasteiger partial charge in [0.25, 0.3) is 5.91 Å². The van der Waals surface area contributed by atoms with Crippen molar-refractivity contribution in [3.63, 3.8) is 0 Å². The number of carbonyl (C=O) groups excluding carboxylic acids is 1. The smallest absolute Gasteiger partial charge is 0.328 e. The first-order valence-electron chi connectivity index (χ1n) is 5.34. The summed E-state index contributed by atoms with van der Waals surface area (Å²) in [5.41, 5.74) is 2.91. The summed E-state index contributed by atoms with van der Waals surface area (Å²) in [7, 11) is 0. The average Bonchev–Trinajstić information content (AvgIpc) is 3.13. The van der Waals surface area contributed by atoms with Crippen molar-refractivity contribution in [3.8, 4) is 0 Å². The summed E-state index contributed by atoms with van der Waals surface area (Å²) in [6.07, 6.45) is 2.03. The van der Waals surface area contributed by atoms with Gasteiger partial charge < -0.3 is 14.6 Å². The Morgan fingerprint density at radius 1 is 1.29 bits per heavy atom. The number of hydrogen-bond donors (Lipinski definition) is 2. The van der Waals surface area contributed by atoms with Crippen LogP contribution in [0, 0.1) is 0 Å². The van der Waals surface area contributed by atoms with Gasteiger partial charge in [-0.25, -0.2) is 10.2 Å². The fraction of sp³-hybridized carbons (Fsp3) is 0.600. The summed E-state index contributed by atoms with van der Waals surface area (Å²) < 4.78 is 10.0. The zero-order valence-corrected chi connectivity index (χ0v) is 9.17. The number of amides is 1. The highest BCUT2D eigenvalue weighted by Crippen LogP contribution is 2.11. The number of carboxylic acid groups (broad SMARTS) is 1. The Balaban J connectivity index is 1.82. The van der Waals surface area contributed by atoms with Crippen LogP contribution in [-0.2, 0) is 19.1 Å². The maximum atomic E-state index is 11.7. The second kappa shape index (κ2) is 5.26. The van der Waals surface area contributed by atoms with Gasteiger partial charge in [0.15, 0.2) is 0 Å². The molecule has 0 radical (unpaired) electrons. The van der Waals surface area contributed by atoms with Gasteiger partial charge in [-0.15, -0.1) is 0 Å². The highest BCUT2D eigenvalue weighted by atomic mass is 16.6. The molecule has 0 aliphatic carbocycles. The van der Waals surface area contributed by atoms with Gasteiger partial charge in [-0.05, 0) is 0 Å². The van der Waals surface area contributed by atoms with Gasteiger partial charge in [0.1, 0.15) is 6.10 Å². The molecule has 2 rings (SSSR count). The van der Waals surface area contributed by atoms with Gasteiger partial charge in [-0.1, -0.05) is 0 Å². The highest BCUT2D eigenvalue weighted by molar-refractivity contribution is 5.93. The van der Waals surface area contributed by atoms with Crippen molar-refractivity contribution in [2.24, 2.45) is 0 Å². The number of carbonyl (C=O) groups is 2.